The lowest BCUT2D eigenvalue weighted by molar-refractivity contribution is -0.131. The van der Waals surface area contributed by atoms with E-state index < -0.39 is 11.7 Å². The van der Waals surface area contributed by atoms with Crippen molar-refractivity contribution in [1.29, 1.82) is 0 Å². The van der Waals surface area contributed by atoms with E-state index in [1.807, 2.05) is 33.7 Å². The fraction of sp³-hybridized carbons (Fsp3) is 0.500. The molecule has 0 saturated carbocycles. The van der Waals surface area contributed by atoms with Crippen LogP contribution in [0, 0.1) is 0 Å². The third-order valence-electron chi connectivity index (χ3n) is 5.89. The van der Waals surface area contributed by atoms with Crippen molar-refractivity contribution in [1.82, 2.24) is 14.4 Å². The van der Waals surface area contributed by atoms with Gasteiger partial charge in [-0.15, -0.1) is 0 Å². The minimum Gasteiger partial charge on any atom is -0.341 e. The van der Waals surface area contributed by atoms with Crippen LogP contribution in [0.3, 0.4) is 0 Å². The molecule has 148 valence electrons. The number of likely N-dealkylation sites (tertiary alicyclic amines) is 2. The molecular formula is C22H27N3O3. The summed E-state index contributed by atoms with van der Waals surface area (Å²) in [4.78, 5) is 41.9. The minimum atomic E-state index is -0.473. The minimum absolute atomic E-state index is 0.0764. The summed E-state index contributed by atoms with van der Waals surface area (Å²) in [5.41, 5.74) is 1.22. The zero-order valence-electron chi connectivity index (χ0n) is 16.2. The average Bonchev–Trinajstić information content (AvgIpc) is 3.28. The van der Waals surface area contributed by atoms with Crippen LogP contribution < -0.4 is 0 Å². The molecule has 0 atom stereocenters. The number of fused-ring (bicyclic) bond motifs is 1. The summed E-state index contributed by atoms with van der Waals surface area (Å²) >= 11 is 0. The second-order valence-electron chi connectivity index (χ2n) is 7.81. The molecule has 0 bridgehead atoms. The molecular weight excluding hydrogens is 354 g/mol. The van der Waals surface area contributed by atoms with Crippen LogP contribution in [-0.4, -0.2) is 58.1 Å². The Bertz CT molecular complexity index is 888. The van der Waals surface area contributed by atoms with Crippen molar-refractivity contribution < 1.29 is 14.4 Å². The van der Waals surface area contributed by atoms with Gasteiger partial charge >= 0.3 is 0 Å². The number of rotatable bonds is 4. The van der Waals surface area contributed by atoms with Crippen LogP contribution in [0.5, 0.6) is 0 Å². The fourth-order valence-corrected chi connectivity index (χ4v) is 4.30. The predicted molar refractivity (Wildman–Crippen MR) is 107 cm³/mol. The molecule has 0 spiro atoms. The fourth-order valence-electron chi connectivity index (χ4n) is 4.30. The number of Topliss-reactive ketones (excluding diaryl/α,β-unsaturated/α-hetero) is 1. The van der Waals surface area contributed by atoms with Gasteiger partial charge in [-0.1, -0.05) is 31.0 Å². The van der Waals surface area contributed by atoms with E-state index in [2.05, 4.69) is 0 Å². The van der Waals surface area contributed by atoms with Gasteiger partial charge in [-0.05, 0) is 31.7 Å². The van der Waals surface area contributed by atoms with Crippen molar-refractivity contribution in [3.05, 3.63) is 36.0 Å². The van der Waals surface area contributed by atoms with Crippen molar-refractivity contribution in [2.24, 2.45) is 0 Å². The Morgan fingerprint density at radius 3 is 2.11 bits per heavy atom. The van der Waals surface area contributed by atoms with E-state index in [1.54, 1.807) is 11.1 Å². The number of para-hydroxylation sites is 1. The summed E-state index contributed by atoms with van der Waals surface area (Å²) in [6.07, 6.45) is 8.03. The van der Waals surface area contributed by atoms with E-state index in [4.69, 9.17) is 0 Å². The Balaban J connectivity index is 1.60. The lowest BCUT2D eigenvalue weighted by Gasteiger charge is -2.20. The maximum atomic E-state index is 12.9. The van der Waals surface area contributed by atoms with Gasteiger partial charge in [0.1, 0.15) is 6.54 Å². The topological polar surface area (TPSA) is 62.6 Å². The van der Waals surface area contributed by atoms with Gasteiger partial charge in [-0.3, -0.25) is 14.4 Å². The van der Waals surface area contributed by atoms with Gasteiger partial charge in [0, 0.05) is 43.3 Å². The Morgan fingerprint density at radius 2 is 1.39 bits per heavy atom. The number of nitrogens with zero attached hydrogens (tertiary/aromatic N) is 3. The van der Waals surface area contributed by atoms with Crippen LogP contribution in [-0.2, 0) is 16.1 Å². The number of benzene rings is 1. The van der Waals surface area contributed by atoms with E-state index in [9.17, 15) is 14.4 Å². The molecule has 2 amide bonds. The largest absolute Gasteiger partial charge is 0.341 e. The van der Waals surface area contributed by atoms with Crippen LogP contribution in [0.1, 0.15) is 48.9 Å². The van der Waals surface area contributed by atoms with Gasteiger partial charge in [0.15, 0.2) is 0 Å². The smallest absolute Gasteiger partial charge is 0.295 e. The van der Waals surface area contributed by atoms with Crippen LogP contribution in [0.4, 0.5) is 0 Å². The molecule has 0 N–H and O–H groups in total. The third-order valence-corrected chi connectivity index (χ3v) is 5.89. The predicted octanol–water partition coefficient (Wildman–Crippen LogP) is 2.85. The normalized spacial score (nSPS) is 17.7. The number of amides is 2. The number of ketones is 1. The SMILES string of the molecule is O=C(C(=O)N1CCCC1)c1cn(CC(=O)N2CCCCCC2)c2ccccc12. The molecule has 2 fully saturated rings. The van der Waals surface area contributed by atoms with Gasteiger partial charge in [0.05, 0.1) is 5.56 Å². The molecule has 0 unspecified atom stereocenters. The lowest BCUT2D eigenvalue weighted by Crippen LogP contribution is -2.34. The standard InChI is InChI=1S/C22H27N3O3/c26-20(23-11-5-1-2-6-12-23)16-25-15-18(17-9-3-4-10-19(17)25)21(27)22(28)24-13-7-8-14-24/h3-4,9-10,15H,1-2,5-8,11-14,16H2. The summed E-state index contributed by atoms with van der Waals surface area (Å²) in [6.45, 7) is 3.10. The second kappa shape index (κ2) is 8.17. The number of hydrogen-bond donors (Lipinski definition) is 0. The Labute approximate surface area is 165 Å². The van der Waals surface area contributed by atoms with Crippen molar-refractivity contribution in [3.63, 3.8) is 0 Å². The first kappa shape index (κ1) is 18.7. The van der Waals surface area contributed by atoms with E-state index in [0.29, 0.717) is 18.7 Å². The molecule has 2 saturated heterocycles. The first-order valence-electron chi connectivity index (χ1n) is 10.3. The van der Waals surface area contributed by atoms with E-state index >= 15 is 0 Å². The molecule has 6 heteroatoms. The van der Waals surface area contributed by atoms with E-state index in [1.165, 1.54) is 12.8 Å². The molecule has 0 radical (unpaired) electrons. The molecule has 6 nitrogen and oxygen atoms in total. The summed E-state index contributed by atoms with van der Waals surface area (Å²) in [5.74, 6) is -0.828. The maximum Gasteiger partial charge on any atom is 0.295 e. The zero-order chi connectivity index (χ0) is 19.5. The first-order chi connectivity index (χ1) is 13.6. The van der Waals surface area contributed by atoms with Gasteiger partial charge < -0.3 is 14.4 Å². The van der Waals surface area contributed by atoms with Gasteiger partial charge in [-0.25, -0.2) is 0 Å². The summed E-state index contributed by atoms with van der Waals surface area (Å²) in [7, 11) is 0. The quantitative estimate of drug-likeness (QED) is 0.604. The molecule has 4 rings (SSSR count). The third kappa shape index (κ3) is 3.68. The number of carbonyl (C=O) groups excluding carboxylic acids is 3. The first-order valence-corrected chi connectivity index (χ1v) is 10.3. The molecule has 2 aliphatic heterocycles. The van der Waals surface area contributed by atoms with E-state index in [-0.39, 0.29) is 12.5 Å². The highest BCUT2D eigenvalue weighted by atomic mass is 16.2. The average molecular weight is 381 g/mol. The van der Waals surface area contributed by atoms with Crippen molar-refractivity contribution in [2.45, 2.75) is 45.1 Å². The highest BCUT2D eigenvalue weighted by Crippen LogP contribution is 2.23. The summed E-state index contributed by atoms with van der Waals surface area (Å²) in [5, 5.41) is 0.740. The Kier molecular flexibility index (Phi) is 5.46. The van der Waals surface area contributed by atoms with Gasteiger partial charge in [-0.2, -0.15) is 0 Å². The number of aromatic nitrogens is 1. The Hall–Kier alpha value is -2.63. The van der Waals surface area contributed by atoms with Crippen LogP contribution >= 0.6 is 0 Å². The molecule has 28 heavy (non-hydrogen) atoms. The molecule has 2 aromatic rings. The zero-order valence-corrected chi connectivity index (χ0v) is 16.2. The number of carbonyl (C=O) groups is 3. The van der Waals surface area contributed by atoms with Gasteiger partial charge in [0.2, 0.25) is 5.91 Å². The second-order valence-corrected chi connectivity index (χ2v) is 7.81. The maximum absolute atomic E-state index is 12.9. The van der Waals surface area contributed by atoms with Crippen molar-refractivity contribution in [3.8, 4) is 0 Å². The Morgan fingerprint density at radius 1 is 0.786 bits per heavy atom. The summed E-state index contributed by atoms with van der Waals surface area (Å²) in [6, 6.07) is 7.51. The molecule has 2 aliphatic rings. The highest BCUT2D eigenvalue weighted by molar-refractivity contribution is 6.44. The molecule has 0 aliphatic carbocycles. The van der Waals surface area contributed by atoms with Crippen molar-refractivity contribution >= 4 is 28.5 Å². The number of hydrogen-bond acceptors (Lipinski definition) is 3. The summed E-state index contributed by atoms with van der Waals surface area (Å²) < 4.78 is 1.83. The van der Waals surface area contributed by atoms with Crippen LogP contribution in [0.15, 0.2) is 30.5 Å². The highest BCUT2D eigenvalue weighted by Gasteiger charge is 2.28. The molecule has 3 heterocycles. The van der Waals surface area contributed by atoms with Gasteiger partial charge in [0.25, 0.3) is 11.7 Å². The van der Waals surface area contributed by atoms with Crippen molar-refractivity contribution in [2.75, 3.05) is 26.2 Å². The van der Waals surface area contributed by atoms with Crippen LogP contribution in [0.2, 0.25) is 0 Å². The molecule has 1 aromatic carbocycles. The lowest BCUT2D eigenvalue weighted by atomic mass is 10.1. The monoisotopic (exact) mass is 381 g/mol. The van der Waals surface area contributed by atoms with E-state index in [0.717, 1.165) is 49.7 Å². The van der Waals surface area contributed by atoms with Crippen LogP contribution in [0.25, 0.3) is 10.9 Å². The molecule has 1 aromatic heterocycles.